The molecule has 4 heteroatoms. The normalized spacial score (nSPS) is 29.8. The number of carbonyl (C=O) groups is 2. The largest absolute Gasteiger partial charge is 0.481 e. The van der Waals surface area contributed by atoms with Crippen LogP contribution in [0.5, 0.6) is 0 Å². The van der Waals surface area contributed by atoms with Crippen LogP contribution in [-0.4, -0.2) is 23.0 Å². The summed E-state index contributed by atoms with van der Waals surface area (Å²) in [6.45, 7) is 0. The van der Waals surface area contributed by atoms with Crippen LogP contribution in [0.4, 0.5) is 0 Å². The summed E-state index contributed by atoms with van der Waals surface area (Å²) < 4.78 is 0. The maximum absolute atomic E-state index is 12.7. The first-order chi connectivity index (χ1) is 12.1. The van der Waals surface area contributed by atoms with E-state index in [4.69, 9.17) is 5.11 Å². The molecule has 0 radical (unpaired) electrons. The molecule has 1 aromatic rings. The molecule has 0 spiro atoms. The number of carboxylic acid groups (broad SMARTS) is 1. The van der Waals surface area contributed by atoms with Crippen molar-refractivity contribution in [1.82, 2.24) is 5.32 Å². The van der Waals surface area contributed by atoms with Crippen LogP contribution in [-0.2, 0) is 16.0 Å². The molecule has 2 fully saturated rings. The average molecular weight is 343 g/mol. The van der Waals surface area contributed by atoms with Gasteiger partial charge in [0.05, 0.1) is 5.92 Å². The molecule has 1 amide bonds. The first kappa shape index (κ1) is 18.0. The Bertz CT molecular complexity index is 578. The lowest BCUT2D eigenvalue weighted by Crippen LogP contribution is -2.46. The van der Waals surface area contributed by atoms with Crippen molar-refractivity contribution in [2.75, 3.05) is 0 Å². The lowest BCUT2D eigenvalue weighted by atomic mass is 9.79. The van der Waals surface area contributed by atoms with Gasteiger partial charge >= 0.3 is 5.97 Å². The molecule has 0 saturated heterocycles. The highest BCUT2D eigenvalue weighted by Gasteiger charge is 2.32. The Morgan fingerprint density at radius 3 is 2.24 bits per heavy atom. The van der Waals surface area contributed by atoms with Crippen molar-refractivity contribution in [3.05, 3.63) is 35.9 Å². The van der Waals surface area contributed by atoms with Gasteiger partial charge in [0, 0.05) is 12.0 Å². The van der Waals surface area contributed by atoms with Crippen molar-refractivity contribution in [3.8, 4) is 0 Å². The van der Waals surface area contributed by atoms with Gasteiger partial charge in [-0.2, -0.15) is 0 Å². The Balaban J connectivity index is 1.54. The van der Waals surface area contributed by atoms with E-state index in [1.165, 1.54) is 24.8 Å². The van der Waals surface area contributed by atoms with Crippen LogP contribution in [0, 0.1) is 17.8 Å². The molecule has 25 heavy (non-hydrogen) atoms. The Morgan fingerprint density at radius 2 is 1.56 bits per heavy atom. The van der Waals surface area contributed by atoms with Crippen LogP contribution in [0.1, 0.15) is 56.9 Å². The summed E-state index contributed by atoms with van der Waals surface area (Å²) in [5.41, 5.74) is 1.34. The fraction of sp³-hybridized carbons (Fsp3) is 0.619. The molecule has 2 unspecified atom stereocenters. The van der Waals surface area contributed by atoms with Gasteiger partial charge in [-0.15, -0.1) is 0 Å². The lowest BCUT2D eigenvalue weighted by molar-refractivity contribution is -0.144. The fourth-order valence-electron chi connectivity index (χ4n) is 4.46. The maximum atomic E-state index is 12.7. The molecule has 3 rings (SSSR count). The number of carbonyl (C=O) groups excluding carboxylic acids is 1. The number of rotatable bonds is 5. The Morgan fingerprint density at radius 1 is 0.920 bits per heavy atom. The molecule has 2 atom stereocenters. The van der Waals surface area contributed by atoms with Crippen molar-refractivity contribution in [2.24, 2.45) is 17.8 Å². The smallest absolute Gasteiger partial charge is 0.306 e. The number of aliphatic carboxylic acids is 1. The summed E-state index contributed by atoms with van der Waals surface area (Å²) in [5.74, 6) is -0.321. The van der Waals surface area contributed by atoms with Crippen LogP contribution < -0.4 is 5.32 Å². The number of hydrogen-bond donors (Lipinski definition) is 2. The third kappa shape index (κ3) is 4.83. The summed E-state index contributed by atoms with van der Waals surface area (Å²) >= 11 is 0. The summed E-state index contributed by atoms with van der Waals surface area (Å²) in [4.78, 5) is 23.7. The summed E-state index contributed by atoms with van der Waals surface area (Å²) in [6.07, 6.45) is 8.36. The van der Waals surface area contributed by atoms with E-state index >= 15 is 0 Å². The molecular formula is C21H29NO3. The molecule has 0 heterocycles. The highest BCUT2D eigenvalue weighted by molar-refractivity contribution is 5.79. The van der Waals surface area contributed by atoms with E-state index in [1.54, 1.807) is 0 Å². The van der Waals surface area contributed by atoms with E-state index in [0.717, 1.165) is 12.8 Å². The van der Waals surface area contributed by atoms with Crippen LogP contribution in [0.15, 0.2) is 30.3 Å². The standard InChI is InChI=1S/C21H29NO3/c23-20(16-10-12-17(13-11-16)21(24)25)22-19-9-5-4-8-18(19)14-15-6-2-1-3-7-15/h1-3,6-7,16-19H,4-5,8-14H2,(H,22,23)(H,24,25). The van der Waals surface area contributed by atoms with Crippen molar-refractivity contribution < 1.29 is 14.7 Å². The van der Waals surface area contributed by atoms with Crippen molar-refractivity contribution >= 4 is 11.9 Å². The first-order valence-electron chi connectivity index (χ1n) is 9.70. The second-order valence-electron chi connectivity index (χ2n) is 7.74. The predicted molar refractivity (Wildman–Crippen MR) is 97.1 cm³/mol. The van der Waals surface area contributed by atoms with Gasteiger partial charge in [0.2, 0.25) is 5.91 Å². The molecule has 136 valence electrons. The fourth-order valence-corrected chi connectivity index (χ4v) is 4.46. The van der Waals surface area contributed by atoms with E-state index in [-0.39, 0.29) is 23.8 Å². The third-order valence-corrected chi connectivity index (χ3v) is 6.02. The Labute approximate surface area is 150 Å². The third-order valence-electron chi connectivity index (χ3n) is 6.02. The number of amides is 1. The molecular weight excluding hydrogens is 314 g/mol. The quantitative estimate of drug-likeness (QED) is 0.855. The van der Waals surface area contributed by atoms with Crippen LogP contribution >= 0.6 is 0 Å². The van der Waals surface area contributed by atoms with Gasteiger partial charge < -0.3 is 10.4 Å². The monoisotopic (exact) mass is 343 g/mol. The number of benzene rings is 1. The molecule has 2 aliphatic carbocycles. The molecule has 2 N–H and O–H groups in total. The van der Waals surface area contributed by atoms with Gasteiger partial charge in [-0.3, -0.25) is 9.59 Å². The lowest BCUT2D eigenvalue weighted by Gasteiger charge is -2.34. The minimum absolute atomic E-state index is 0.00472. The molecule has 0 bridgehead atoms. The SMILES string of the molecule is O=C(O)C1CCC(C(=O)NC2CCCCC2Cc2ccccc2)CC1. The van der Waals surface area contributed by atoms with E-state index in [0.29, 0.717) is 31.6 Å². The minimum Gasteiger partial charge on any atom is -0.481 e. The van der Waals surface area contributed by atoms with Gasteiger partial charge in [-0.05, 0) is 56.4 Å². The molecule has 4 nitrogen and oxygen atoms in total. The van der Waals surface area contributed by atoms with Gasteiger partial charge in [-0.1, -0.05) is 43.2 Å². The zero-order chi connectivity index (χ0) is 17.6. The average Bonchev–Trinajstić information content (AvgIpc) is 2.64. The topological polar surface area (TPSA) is 66.4 Å². The zero-order valence-corrected chi connectivity index (χ0v) is 14.8. The molecule has 2 aliphatic rings. The van der Waals surface area contributed by atoms with Crippen molar-refractivity contribution in [1.29, 1.82) is 0 Å². The molecule has 0 aromatic heterocycles. The zero-order valence-electron chi connectivity index (χ0n) is 14.8. The highest BCUT2D eigenvalue weighted by atomic mass is 16.4. The van der Waals surface area contributed by atoms with Crippen LogP contribution in [0.2, 0.25) is 0 Å². The summed E-state index contributed by atoms with van der Waals surface area (Å²) in [7, 11) is 0. The summed E-state index contributed by atoms with van der Waals surface area (Å²) in [5, 5.41) is 12.4. The van der Waals surface area contributed by atoms with E-state index in [2.05, 4.69) is 29.6 Å². The van der Waals surface area contributed by atoms with Crippen molar-refractivity contribution in [3.63, 3.8) is 0 Å². The highest BCUT2D eigenvalue weighted by Crippen LogP contribution is 2.31. The second kappa shape index (κ2) is 8.50. The van der Waals surface area contributed by atoms with E-state index < -0.39 is 5.97 Å². The Hall–Kier alpha value is -1.84. The van der Waals surface area contributed by atoms with Gasteiger partial charge in [0.15, 0.2) is 0 Å². The molecule has 1 aromatic carbocycles. The van der Waals surface area contributed by atoms with E-state index in [9.17, 15) is 9.59 Å². The van der Waals surface area contributed by atoms with Crippen LogP contribution in [0.3, 0.4) is 0 Å². The van der Waals surface area contributed by atoms with Gasteiger partial charge in [-0.25, -0.2) is 0 Å². The summed E-state index contributed by atoms with van der Waals surface area (Å²) in [6, 6.07) is 10.8. The van der Waals surface area contributed by atoms with E-state index in [1.807, 2.05) is 6.07 Å². The second-order valence-corrected chi connectivity index (χ2v) is 7.74. The minimum atomic E-state index is -0.714. The van der Waals surface area contributed by atoms with Crippen LogP contribution in [0.25, 0.3) is 0 Å². The Kier molecular flexibility index (Phi) is 6.11. The number of carboxylic acids is 1. The molecule has 2 saturated carbocycles. The number of nitrogens with one attached hydrogen (secondary N) is 1. The predicted octanol–water partition coefficient (Wildman–Crippen LogP) is 3.80. The van der Waals surface area contributed by atoms with Crippen molar-refractivity contribution in [2.45, 2.75) is 63.8 Å². The van der Waals surface area contributed by atoms with Gasteiger partial charge in [0.1, 0.15) is 0 Å². The number of hydrogen-bond acceptors (Lipinski definition) is 2. The first-order valence-corrected chi connectivity index (χ1v) is 9.70. The molecule has 0 aliphatic heterocycles. The maximum Gasteiger partial charge on any atom is 0.306 e. The van der Waals surface area contributed by atoms with Gasteiger partial charge in [0.25, 0.3) is 0 Å².